The van der Waals surface area contributed by atoms with Crippen LogP contribution in [0.15, 0.2) is 35.3 Å². The van der Waals surface area contributed by atoms with Gasteiger partial charge in [-0.3, -0.25) is 4.99 Å². The van der Waals surface area contributed by atoms with Crippen LogP contribution in [0, 0.1) is 17.2 Å². The van der Waals surface area contributed by atoms with E-state index >= 15 is 0 Å². The second kappa shape index (κ2) is 13.9. The molecule has 1 heterocycles. The van der Waals surface area contributed by atoms with Gasteiger partial charge in [0.25, 0.3) is 0 Å². The molecule has 8 heteroatoms. The summed E-state index contributed by atoms with van der Waals surface area (Å²) in [5.41, 5.74) is 8.19. The molecular formula is C22H34IN7. The number of guanidine groups is 1. The number of hydrogen-bond donors (Lipinski definition) is 3. The highest BCUT2D eigenvalue weighted by atomic mass is 127. The van der Waals surface area contributed by atoms with E-state index in [1.54, 1.807) is 4.68 Å². The topological polar surface area (TPSA) is 104 Å². The quantitative estimate of drug-likeness (QED) is 0.190. The molecule has 0 fully saturated rings. The van der Waals surface area contributed by atoms with Crippen molar-refractivity contribution in [1.29, 1.82) is 5.26 Å². The maximum absolute atomic E-state index is 9.50. The predicted molar refractivity (Wildman–Crippen MR) is 134 cm³/mol. The Morgan fingerprint density at radius 1 is 1.23 bits per heavy atom. The summed E-state index contributed by atoms with van der Waals surface area (Å²) in [6.45, 7) is 8.93. The number of aryl methyl sites for hydroxylation is 1. The van der Waals surface area contributed by atoms with Gasteiger partial charge in [-0.25, -0.2) is 4.68 Å². The Morgan fingerprint density at radius 3 is 2.60 bits per heavy atom. The lowest BCUT2D eigenvalue weighted by atomic mass is 10.1. The number of para-hydroxylation sites is 1. The van der Waals surface area contributed by atoms with Gasteiger partial charge in [0.15, 0.2) is 5.96 Å². The van der Waals surface area contributed by atoms with E-state index in [0.29, 0.717) is 30.3 Å². The average molecular weight is 523 g/mol. The first kappa shape index (κ1) is 25.8. The number of nitrogens with two attached hydrogens (primary N) is 1. The molecule has 164 valence electrons. The lowest BCUT2D eigenvalue weighted by Crippen LogP contribution is -2.38. The standard InChI is InChI=1S/C22H33N7.HI/c1-4-25-22(26-14-8-10-17(2)3)27-15-9-13-20-19(16-23)21(24)29(28-20)18-11-6-5-7-12-18;/h5-7,11-12,17H,4,8-10,13-15,24H2,1-3H3,(H2,25,26,27);1H. The van der Waals surface area contributed by atoms with Gasteiger partial charge in [0, 0.05) is 19.6 Å². The molecule has 0 saturated carbocycles. The van der Waals surface area contributed by atoms with Crippen molar-refractivity contribution in [2.45, 2.75) is 46.5 Å². The molecule has 2 aromatic rings. The number of nitrogens with one attached hydrogen (secondary N) is 2. The number of nitrogens with zero attached hydrogens (tertiary/aromatic N) is 4. The second-order valence-electron chi connectivity index (χ2n) is 7.39. The highest BCUT2D eigenvalue weighted by Gasteiger charge is 2.16. The van der Waals surface area contributed by atoms with Crippen molar-refractivity contribution in [3.8, 4) is 11.8 Å². The number of aromatic nitrogens is 2. The number of nitrogen functional groups attached to an aromatic ring is 1. The summed E-state index contributed by atoms with van der Waals surface area (Å²) in [6.07, 6.45) is 3.78. The molecule has 0 radical (unpaired) electrons. The number of halogens is 1. The van der Waals surface area contributed by atoms with Crippen molar-refractivity contribution in [3.63, 3.8) is 0 Å². The number of benzene rings is 1. The second-order valence-corrected chi connectivity index (χ2v) is 7.39. The molecule has 2 rings (SSSR count). The first-order valence-electron chi connectivity index (χ1n) is 10.4. The van der Waals surface area contributed by atoms with Crippen molar-refractivity contribution < 1.29 is 0 Å². The van der Waals surface area contributed by atoms with E-state index in [1.807, 2.05) is 30.3 Å². The average Bonchev–Trinajstić information content (AvgIpc) is 3.04. The molecule has 1 aromatic carbocycles. The molecule has 0 spiro atoms. The Hall–Kier alpha value is -2.28. The van der Waals surface area contributed by atoms with Crippen LogP contribution in [-0.4, -0.2) is 35.4 Å². The van der Waals surface area contributed by atoms with Crippen molar-refractivity contribution in [3.05, 3.63) is 41.6 Å². The minimum atomic E-state index is 0. The van der Waals surface area contributed by atoms with Gasteiger partial charge in [0.05, 0.1) is 11.4 Å². The number of anilines is 1. The van der Waals surface area contributed by atoms with E-state index in [1.165, 1.54) is 6.42 Å². The number of nitriles is 1. The summed E-state index contributed by atoms with van der Waals surface area (Å²) in [5.74, 6) is 1.94. The van der Waals surface area contributed by atoms with E-state index in [4.69, 9.17) is 5.73 Å². The Morgan fingerprint density at radius 2 is 1.97 bits per heavy atom. The minimum absolute atomic E-state index is 0. The molecule has 0 unspecified atom stereocenters. The molecule has 0 saturated heterocycles. The Labute approximate surface area is 197 Å². The fraction of sp³-hybridized carbons (Fsp3) is 0.500. The van der Waals surface area contributed by atoms with Gasteiger partial charge >= 0.3 is 0 Å². The van der Waals surface area contributed by atoms with Crippen LogP contribution >= 0.6 is 24.0 Å². The lowest BCUT2D eigenvalue weighted by Gasteiger charge is -2.11. The van der Waals surface area contributed by atoms with Crippen LogP contribution in [-0.2, 0) is 6.42 Å². The maximum Gasteiger partial charge on any atom is 0.191 e. The summed E-state index contributed by atoms with van der Waals surface area (Å²) in [6, 6.07) is 11.8. The molecule has 0 aliphatic rings. The Kier molecular flexibility index (Phi) is 11.9. The third kappa shape index (κ3) is 7.86. The van der Waals surface area contributed by atoms with E-state index in [9.17, 15) is 5.26 Å². The summed E-state index contributed by atoms with van der Waals surface area (Å²) in [7, 11) is 0. The van der Waals surface area contributed by atoms with Gasteiger partial charge in [-0.05, 0) is 50.7 Å². The van der Waals surface area contributed by atoms with Crippen molar-refractivity contribution in [2.24, 2.45) is 10.9 Å². The molecule has 4 N–H and O–H groups in total. The highest BCUT2D eigenvalue weighted by molar-refractivity contribution is 14.0. The van der Waals surface area contributed by atoms with E-state index < -0.39 is 0 Å². The summed E-state index contributed by atoms with van der Waals surface area (Å²) >= 11 is 0. The number of rotatable bonds is 10. The fourth-order valence-corrected chi connectivity index (χ4v) is 3.04. The van der Waals surface area contributed by atoms with Crippen LogP contribution in [0.3, 0.4) is 0 Å². The van der Waals surface area contributed by atoms with E-state index in [0.717, 1.165) is 43.3 Å². The van der Waals surface area contributed by atoms with E-state index in [2.05, 4.69) is 47.6 Å². The van der Waals surface area contributed by atoms with E-state index in [-0.39, 0.29) is 24.0 Å². The molecule has 30 heavy (non-hydrogen) atoms. The molecular weight excluding hydrogens is 489 g/mol. The normalized spacial score (nSPS) is 11.1. The predicted octanol–water partition coefficient (Wildman–Crippen LogP) is 3.87. The van der Waals surface area contributed by atoms with Gasteiger partial charge in [-0.2, -0.15) is 10.4 Å². The Balaban J connectivity index is 0.00000450. The summed E-state index contributed by atoms with van der Waals surface area (Å²) in [5, 5.41) is 20.7. The molecule has 0 aliphatic carbocycles. The van der Waals surface area contributed by atoms with Gasteiger partial charge in [0.1, 0.15) is 17.5 Å². The molecule has 0 aliphatic heterocycles. The van der Waals surface area contributed by atoms with Crippen LogP contribution in [0.2, 0.25) is 0 Å². The molecule has 7 nitrogen and oxygen atoms in total. The van der Waals surface area contributed by atoms with Crippen molar-refractivity contribution in [1.82, 2.24) is 20.4 Å². The van der Waals surface area contributed by atoms with Crippen molar-refractivity contribution in [2.75, 3.05) is 25.4 Å². The molecule has 1 aromatic heterocycles. The summed E-state index contributed by atoms with van der Waals surface area (Å²) < 4.78 is 1.64. The Bertz CT molecular complexity index is 822. The van der Waals surface area contributed by atoms with Crippen LogP contribution in [0.4, 0.5) is 5.82 Å². The van der Waals surface area contributed by atoms with Crippen LogP contribution in [0.5, 0.6) is 0 Å². The van der Waals surface area contributed by atoms with Gasteiger partial charge < -0.3 is 16.4 Å². The lowest BCUT2D eigenvalue weighted by molar-refractivity contribution is 0.549. The van der Waals surface area contributed by atoms with Gasteiger partial charge in [-0.15, -0.1) is 24.0 Å². The van der Waals surface area contributed by atoms with Crippen LogP contribution in [0.1, 0.15) is 51.3 Å². The van der Waals surface area contributed by atoms with Gasteiger partial charge in [0.2, 0.25) is 0 Å². The third-order valence-corrected chi connectivity index (χ3v) is 4.54. The molecule has 0 bridgehead atoms. The number of aliphatic imine (C=N–C) groups is 1. The third-order valence-electron chi connectivity index (χ3n) is 4.54. The monoisotopic (exact) mass is 523 g/mol. The molecule has 0 atom stereocenters. The summed E-state index contributed by atoms with van der Waals surface area (Å²) in [4.78, 5) is 4.63. The number of hydrogen-bond acceptors (Lipinski definition) is 4. The van der Waals surface area contributed by atoms with Crippen LogP contribution < -0.4 is 16.4 Å². The largest absolute Gasteiger partial charge is 0.382 e. The van der Waals surface area contributed by atoms with Crippen LogP contribution in [0.25, 0.3) is 5.69 Å². The first-order valence-corrected chi connectivity index (χ1v) is 10.4. The molecule has 0 amide bonds. The SMILES string of the molecule is CCNC(=NCCCc1nn(-c2ccccc2)c(N)c1C#N)NCCCC(C)C.I. The highest BCUT2D eigenvalue weighted by Crippen LogP contribution is 2.21. The zero-order valence-corrected chi connectivity index (χ0v) is 20.5. The fourth-order valence-electron chi connectivity index (χ4n) is 3.04. The minimum Gasteiger partial charge on any atom is -0.382 e. The smallest absolute Gasteiger partial charge is 0.191 e. The maximum atomic E-state index is 9.50. The van der Waals surface area contributed by atoms with Gasteiger partial charge in [-0.1, -0.05) is 32.0 Å². The first-order chi connectivity index (χ1) is 14.1. The van der Waals surface area contributed by atoms with Crippen molar-refractivity contribution >= 4 is 35.8 Å². The zero-order chi connectivity index (χ0) is 21.1. The zero-order valence-electron chi connectivity index (χ0n) is 18.2.